The van der Waals surface area contributed by atoms with Crippen LogP contribution in [0, 0.1) is 3.57 Å². The fourth-order valence-electron chi connectivity index (χ4n) is 1.73. The van der Waals surface area contributed by atoms with Crippen molar-refractivity contribution in [1.82, 2.24) is 4.98 Å². The molecule has 0 aliphatic heterocycles. The van der Waals surface area contributed by atoms with Gasteiger partial charge in [0.1, 0.15) is 5.69 Å². The summed E-state index contributed by atoms with van der Waals surface area (Å²) in [5, 5.41) is 0. The van der Waals surface area contributed by atoms with E-state index < -0.39 is 23.6 Å². The highest BCUT2D eigenvalue weighted by atomic mass is 127. The number of benzene rings is 1. The fraction of sp³-hybridized carbons (Fsp3) is 0.154. The molecule has 0 atom stereocenters. The van der Waals surface area contributed by atoms with Crippen LogP contribution in [0.3, 0.4) is 0 Å². The molecule has 1 heterocycles. The molecule has 112 valence electrons. The SMILES string of the molecule is FC(F)(F)c1ccc(I)c(-c2ccccc2C(F)(F)F)n1. The zero-order chi connectivity index (χ0) is 15.8. The van der Waals surface area contributed by atoms with Gasteiger partial charge in [0.05, 0.1) is 11.3 Å². The van der Waals surface area contributed by atoms with Gasteiger partial charge in [-0.1, -0.05) is 18.2 Å². The van der Waals surface area contributed by atoms with Crippen LogP contribution in [-0.4, -0.2) is 4.98 Å². The lowest BCUT2D eigenvalue weighted by Gasteiger charge is -2.14. The molecule has 1 aromatic carbocycles. The second-order valence-corrected chi connectivity index (χ2v) is 5.23. The number of alkyl halides is 6. The highest BCUT2D eigenvalue weighted by Gasteiger charge is 2.36. The summed E-state index contributed by atoms with van der Waals surface area (Å²) in [6, 6.07) is 6.25. The lowest BCUT2D eigenvalue weighted by Crippen LogP contribution is -2.11. The van der Waals surface area contributed by atoms with E-state index in [1.165, 1.54) is 12.1 Å². The van der Waals surface area contributed by atoms with Gasteiger partial charge in [-0.25, -0.2) is 4.98 Å². The Morgan fingerprint density at radius 3 is 2.00 bits per heavy atom. The highest BCUT2D eigenvalue weighted by molar-refractivity contribution is 14.1. The number of pyridine rings is 1. The summed E-state index contributed by atoms with van der Waals surface area (Å²) in [6.45, 7) is 0. The zero-order valence-corrected chi connectivity index (χ0v) is 12.2. The van der Waals surface area contributed by atoms with Crippen LogP contribution in [0.5, 0.6) is 0 Å². The number of rotatable bonds is 1. The van der Waals surface area contributed by atoms with Crippen LogP contribution in [-0.2, 0) is 12.4 Å². The Hall–Kier alpha value is -1.32. The molecule has 0 bridgehead atoms. The van der Waals surface area contributed by atoms with E-state index in [1.54, 1.807) is 22.6 Å². The number of halogens is 7. The maximum absolute atomic E-state index is 12.9. The van der Waals surface area contributed by atoms with Gasteiger partial charge < -0.3 is 0 Å². The maximum Gasteiger partial charge on any atom is 0.433 e. The molecule has 0 aliphatic carbocycles. The van der Waals surface area contributed by atoms with Crippen molar-refractivity contribution in [3.8, 4) is 11.3 Å². The van der Waals surface area contributed by atoms with E-state index in [0.717, 1.165) is 24.3 Å². The quantitative estimate of drug-likeness (QED) is 0.448. The standard InChI is InChI=1S/C13H6F6IN/c14-12(15,16)8-4-2-1-3-7(8)11-9(20)5-6-10(21-11)13(17,18)19/h1-6H. The Balaban J connectivity index is 2.68. The van der Waals surface area contributed by atoms with Crippen LogP contribution in [0.4, 0.5) is 26.3 Å². The molecule has 21 heavy (non-hydrogen) atoms. The molecule has 0 radical (unpaired) electrons. The normalized spacial score (nSPS) is 12.5. The van der Waals surface area contributed by atoms with E-state index in [0.29, 0.717) is 0 Å². The summed E-state index contributed by atoms with van der Waals surface area (Å²) in [5.41, 5.74) is -2.96. The van der Waals surface area contributed by atoms with E-state index >= 15 is 0 Å². The molecule has 0 aliphatic rings. The van der Waals surface area contributed by atoms with Crippen LogP contribution < -0.4 is 0 Å². The molecule has 0 spiro atoms. The van der Waals surface area contributed by atoms with Crippen LogP contribution >= 0.6 is 22.6 Å². The minimum atomic E-state index is -4.72. The minimum Gasteiger partial charge on any atom is -0.242 e. The molecule has 8 heteroatoms. The number of hydrogen-bond donors (Lipinski definition) is 0. The van der Waals surface area contributed by atoms with Crippen molar-refractivity contribution >= 4 is 22.6 Å². The van der Waals surface area contributed by atoms with Crippen molar-refractivity contribution in [3.63, 3.8) is 0 Å². The number of aromatic nitrogens is 1. The van der Waals surface area contributed by atoms with Crippen molar-refractivity contribution in [2.75, 3.05) is 0 Å². The second kappa shape index (κ2) is 5.47. The molecule has 2 aromatic rings. The largest absolute Gasteiger partial charge is 0.433 e. The average molecular weight is 417 g/mol. The van der Waals surface area contributed by atoms with E-state index in [1.807, 2.05) is 0 Å². The van der Waals surface area contributed by atoms with Gasteiger partial charge in [0.2, 0.25) is 0 Å². The van der Waals surface area contributed by atoms with Gasteiger partial charge in [-0.05, 0) is 40.8 Å². The third-order valence-electron chi connectivity index (χ3n) is 2.62. The van der Waals surface area contributed by atoms with E-state index in [-0.39, 0.29) is 14.8 Å². The number of hydrogen-bond acceptors (Lipinski definition) is 1. The first-order chi connectivity index (χ1) is 9.60. The van der Waals surface area contributed by atoms with Gasteiger partial charge in [-0.15, -0.1) is 0 Å². The first-order valence-electron chi connectivity index (χ1n) is 5.51. The van der Waals surface area contributed by atoms with Crippen LogP contribution in [0.1, 0.15) is 11.3 Å². The van der Waals surface area contributed by atoms with Gasteiger partial charge in [0.25, 0.3) is 0 Å². The first kappa shape index (κ1) is 16.1. The van der Waals surface area contributed by atoms with Crippen molar-refractivity contribution in [1.29, 1.82) is 0 Å². The van der Waals surface area contributed by atoms with Crippen molar-refractivity contribution in [2.45, 2.75) is 12.4 Å². The van der Waals surface area contributed by atoms with Crippen LogP contribution in [0.25, 0.3) is 11.3 Å². The lowest BCUT2D eigenvalue weighted by atomic mass is 10.0. The molecule has 0 saturated carbocycles. The molecule has 1 nitrogen and oxygen atoms in total. The molecule has 0 amide bonds. The van der Waals surface area contributed by atoms with Crippen molar-refractivity contribution < 1.29 is 26.3 Å². The molecule has 1 aromatic heterocycles. The number of nitrogens with zero attached hydrogens (tertiary/aromatic N) is 1. The van der Waals surface area contributed by atoms with Crippen molar-refractivity contribution in [3.05, 3.63) is 51.2 Å². The summed E-state index contributed by atoms with van der Waals surface area (Å²) in [4.78, 5) is 3.36. The lowest BCUT2D eigenvalue weighted by molar-refractivity contribution is -0.141. The molecule has 0 fully saturated rings. The van der Waals surface area contributed by atoms with Gasteiger partial charge in [0.15, 0.2) is 0 Å². The highest BCUT2D eigenvalue weighted by Crippen LogP contribution is 2.38. The smallest absolute Gasteiger partial charge is 0.242 e. The predicted octanol–water partition coefficient (Wildman–Crippen LogP) is 5.39. The summed E-state index contributed by atoms with van der Waals surface area (Å²) in [5.74, 6) is 0. The fourth-order valence-corrected chi connectivity index (χ4v) is 2.32. The van der Waals surface area contributed by atoms with E-state index in [2.05, 4.69) is 4.98 Å². The third kappa shape index (κ3) is 3.47. The summed E-state index contributed by atoms with van der Waals surface area (Å²) in [6.07, 6.45) is -9.39. The minimum absolute atomic E-state index is 0.206. The Morgan fingerprint density at radius 1 is 0.810 bits per heavy atom. The topological polar surface area (TPSA) is 12.9 Å². The molecule has 0 N–H and O–H groups in total. The van der Waals surface area contributed by atoms with E-state index in [9.17, 15) is 26.3 Å². The zero-order valence-electron chi connectivity index (χ0n) is 10.1. The van der Waals surface area contributed by atoms with Crippen LogP contribution in [0.15, 0.2) is 36.4 Å². The molecular weight excluding hydrogens is 411 g/mol. The molecule has 0 saturated heterocycles. The van der Waals surface area contributed by atoms with Gasteiger partial charge in [-0.2, -0.15) is 26.3 Å². The monoisotopic (exact) mass is 417 g/mol. The molecule has 2 rings (SSSR count). The van der Waals surface area contributed by atoms with Crippen LogP contribution in [0.2, 0.25) is 0 Å². The summed E-state index contributed by atoms with van der Waals surface area (Å²) < 4.78 is 77.0. The Labute approximate surface area is 129 Å². The Kier molecular flexibility index (Phi) is 4.18. The third-order valence-corrected chi connectivity index (χ3v) is 3.49. The van der Waals surface area contributed by atoms with Gasteiger partial charge in [0, 0.05) is 9.13 Å². The van der Waals surface area contributed by atoms with E-state index in [4.69, 9.17) is 0 Å². The van der Waals surface area contributed by atoms with Crippen molar-refractivity contribution in [2.24, 2.45) is 0 Å². The Morgan fingerprint density at radius 2 is 1.43 bits per heavy atom. The predicted molar refractivity (Wildman–Crippen MR) is 72.4 cm³/mol. The Bertz CT molecular complexity index is 662. The van der Waals surface area contributed by atoms with Gasteiger partial charge >= 0.3 is 12.4 Å². The average Bonchev–Trinajstić information content (AvgIpc) is 2.37. The maximum atomic E-state index is 12.9. The molecule has 0 unspecified atom stereocenters. The summed E-state index contributed by atoms with van der Waals surface area (Å²) in [7, 11) is 0. The van der Waals surface area contributed by atoms with Gasteiger partial charge in [-0.3, -0.25) is 0 Å². The first-order valence-corrected chi connectivity index (χ1v) is 6.59. The summed E-state index contributed by atoms with van der Waals surface area (Å²) >= 11 is 1.66. The second-order valence-electron chi connectivity index (χ2n) is 4.07. The molecular formula is C13H6F6IN.